The van der Waals surface area contributed by atoms with Crippen LogP contribution in [0.1, 0.15) is 54.2 Å². The van der Waals surface area contributed by atoms with Gasteiger partial charge in [-0.2, -0.15) is 0 Å². The minimum Gasteiger partial charge on any atom is -0.264 e. The summed E-state index contributed by atoms with van der Waals surface area (Å²) in [5.41, 5.74) is 4.61. The van der Waals surface area contributed by atoms with Crippen molar-refractivity contribution in [2.45, 2.75) is 44.4 Å². The highest BCUT2D eigenvalue weighted by atomic mass is 14.6. The molecule has 3 rings (SSSR count). The number of nitrogens with zero attached hydrogens (tertiary/aromatic N) is 1. The SMILES string of the molecule is Cc1c(C2CC2)cncc1C1CC1. The zero-order valence-electron chi connectivity index (χ0n) is 8.09. The van der Waals surface area contributed by atoms with Crippen molar-refractivity contribution in [2.75, 3.05) is 0 Å². The van der Waals surface area contributed by atoms with E-state index < -0.39 is 0 Å². The van der Waals surface area contributed by atoms with Crippen LogP contribution in [0.3, 0.4) is 0 Å². The van der Waals surface area contributed by atoms with Gasteiger partial charge in [0.15, 0.2) is 0 Å². The van der Waals surface area contributed by atoms with Crippen molar-refractivity contribution in [1.29, 1.82) is 0 Å². The van der Waals surface area contributed by atoms with E-state index in [4.69, 9.17) is 0 Å². The van der Waals surface area contributed by atoms with Gasteiger partial charge in [0.25, 0.3) is 0 Å². The van der Waals surface area contributed by atoms with E-state index in [9.17, 15) is 0 Å². The molecule has 1 heterocycles. The van der Waals surface area contributed by atoms with Crippen molar-refractivity contribution in [1.82, 2.24) is 4.98 Å². The summed E-state index contributed by atoms with van der Waals surface area (Å²) in [7, 11) is 0. The summed E-state index contributed by atoms with van der Waals surface area (Å²) in [6, 6.07) is 0. The summed E-state index contributed by atoms with van der Waals surface area (Å²) in [4.78, 5) is 4.37. The second kappa shape index (κ2) is 2.57. The van der Waals surface area contributed by atoms with Crippen molar-refractivity contribution < 1.29 is 0 Å². The molecule has 0 aromatic carbocycles. The van der Waals surface area contributed by atoms with E-state index in [2.05, 4.69) is 24.3 Å². The van der Waals surface area contributed by atoms with Gasteiger partial charge >= 0.3 is 0 Å². The Bertz CT molecular complexity index is 305. The van der Waals surface area contributed by atoms with E-state index >= 15 is 0 Å². The maximum Gasteiger partial charge on any atom is 0.0305 e. The van der Waals surface area contributed by atoms with Crippen molar-refractivity contribution in [3.8, 4) is 0 Å². The second-order valence-corrected chi connectivity index (χ2v) is 4.49. The maximum atomic E-state index is 4.37. The average molecular weight is 173 g/mol. The number of pyridine rings is 1. The predicted octanol–water partition coefficient (Wildman–Crippen LogP) is 3.14. The van der Waals surface area contributed by atoms with E-state index in [0.717, 1.165) is 11.8 Å². The highest BCUT2D eigenvalue weighted by molar-refractivity contribution is 5.38. The smallest absolute Gasteiger partial charge is 0.0305 e. The molecule has 0 aliphatic heterocycles. The summed E-state index contributed by atoms with van der Waals surface area (Å²) < 4.78 is 0. The molecule has 2 saturated carbocycles. The standard InChI is InChI=1S/C12H15N/c1-8-11(9-2-3-9)6-13-7-12(8)10-4-5-10/h6-7,9-10H,2-5H2,1H3. The Morgan fingerprint density at radius 3 is 1.85 bits per heavy atom. The summed E-state index contributed by atoms with van der Waals surface area (Å²) >= 11 is 0. The summed E-state index contributed by atoms with van der Waals surface area (Å²) in [6.07, 6.45) is 9.71. The molecule has 0 N–H and O–H groups in total. The van der Waals surface area contributed by atoms with Gasteiger partial charge in [0.1, 0.15) is 0 Å². The first-order valence-electron chi connectivity index (χ1n) is 5.30. The Hall–Kier alpha value is -0.850. The highest BCUT2D eigenvalue weighted by Gasteiger charge is 2.30. The largest absolute Gasteiger partial charge is 0.264 e. The molecular weight excluding hydrogens is 158 g/mol. The van der Waals surface area contributed by atoms with Gasteiger partial charge in [-0.3, -0.25) is 4.98 Å². The molecule has 2 aliphatic rings. The van der Waals surface area contributed by atoms with Gasteiger partial charge in [-0.05, 0) is 61.1 Å². The predicted molar refractivity (Wildman–Crippen MR) is 52.9 cm³/mol. The van der Waals surface area contributed by atoms with Crippen LogP contribution in [-0.4, -0.2) is 4.98 Å². The fraction of sp³-hybridized carbons (Fsp3) is 0.583. The lowest BCUT2D eigenvalue weighted by Crippen LogP contribution is -1.94. The van der Waals surface area contributed by atoms with Crippen LogP contribution in [0, 0.1) is 6.92 Å². The lowest BCUT2D eigenvalue weighted by molar-refractivity contribution is 0.993. The Labute approximate surface area is 79.2 Å². The van der Waals surface area contributed by atoms with Crippen LogP contribution >= 0.6 is 0 Å². The van der Waals surface area contributed by atoms with Crippen LogP contribution in [0.4, 0.5) is 0 Å². The zero-order valence-corrected chi connectivity index (χ0v) is 8.09. The van der Waals surface area contributed by atoms with E-state index in [-0.39, 0.29) is 0 Å². The van der Waals surface area contributed by atoms with Crippen LogP contribution in [0.5, 0.6) is 0 Å². The number of hydrogen-bond donors (Lipinski definition) is 0. The van der Waals surface area contributed by atoms with Crippen molar-refractivity contribution in [2.24, 2.45) is 0 Å². The molecular formula is C12H15N. The van der Waals surface area contributed by atoms with Gasteiger partial charge in [-0.15, -0.1) is 0 Å². The molecule has 1 heteroatoms. The van der Waals surface area contributed by atoms with E-state index in [1.165, 1.54) is 36.8 Å². The van der Waals surface area contributed by atoms with Crippen LogP contribution in [0.25, 0.3) is 0 Å². The Balaban J connectivity index is 2.04. The molecule has 1 aromatic rings. The molecule has 1 nitrogen and oxygen atoms in total. The molecule has 0 radical (unpaired) electrons. The monoisotopic (exact) mass is 173 g/mol. The first-order chi connectivity index (χ1) is 6.36. The number of rotatable bonds is 2. The molecule has 13 heavy (non-hydrogen) atoms. The first kappa shape index (κ1) is 7.54. The van der Waals surface area contributed by atoms with Gasteiger partial charge in [0, 0.05) is 12.4 Å². The second-order valence-electron chi connectivity index (χ2n) is 4.49. The highest BCUT2D eigenvalue weighted by Crippen LogP contribution is 2.46. The quantitative estimate of drug-likeness (QED) is 0.669. The summed E-state index contributed by atoms with van der Waals surface area (Å²) in [6.45, 7) is 2.28. The Morgan fingerprint density at radius 1 is 1.00 bits per heavy atom. The Kier molecular flexibility index (Phi) is 1.49. The molecule has 0 amide bonds. The van der Waals surface area contributed by atoms with Crippen molar-refractivity contribution in [3.05, 3.63) is 29.1 Å². The van der Waals surface area contributed by atoms with Crippen molar-refractivity contribution in [3.63, 3.8) is 0 Å². The average Bonchev–Trinajstić information content (AvgIpc) is 3.00. The number of aromatic nitrogens is 1. The molecule has 2 aliphatic carbocycles. The lowest BCUT2D eigenvalue weighted by Gasteiger charge is -2.08. The summed E-state index contributed by atoms with van der Waals surface area (Å²) in [5, 5.41) is 0. The minimum absolute atomic E-state index is 0.853. The maximum absolute atomic E-state index is 4.37. The van der Waals surface area contributed by atoms with Gasteiger partial charge in [-0.25, -0.2) is 0 Å². The van der Waals surface area contributed by atoms with Gasteiger partial charge in [0.05, 0.1) is 0 Å². The van der Waals surface area contributed by atoms with Crippen LogP contribution in [-0.2, 0) is 0 Å². The molecule has 0 spiro atoms. The normalized spacial score (nSPS) is 21.9. The van der Waals surface area contributed by atoms with E-state index in [1.54, 1.807) is 5.56 Å². The molecule has 0 unspecified atom stereocenters. The van der Waals surface area contributed by atoms with Gasteiger partial charge in [-0.1, -0.05) is 0 Å². The minimum atomic E-state index is 0.853. The first-order valence-corrected chi connectivity index (χ1v) is 5.30. The van der Waals surface area contributed by atoms with Crippen LogP contribution in [0.2, 0.25) is 0 Å². The third-order valence-corrected chi connectivity index (χ3v) is 3.33. The van der Waals surface area contributed by atoms with Gasteiger partial charge < -0.3 is 0 Å². The molecule has 1 aromatic heterocycles. The molecule has 0 bridgehead atoms. The van der Waals surface area contributed by atoms with Crippen LogP contribution in [0.15, 0.2) is 12.4 Å². The molecule has 2 fully saturated rings. The van der Waals surface area contributed by atoms with Crippen molar-refractivity contribution >= 4 is 0 Å². The molecule has 0 saturated heterocycles. The fourth-order valence-electron chi connectivity index (χ4n) is 2.17. The molecule has 0 atom stereocenters. The Morgan fingerprint density at radius 2 is 1.46 bits per heavy atom. The molecule has 68 valence electrons. The van der Waals surface area contributed by atoms with E-state index in [1.807, 2.05) is 0 Å². The third kappa shape index (κ3) is 1.27. The zero-order chi connectivity index (χ0) is 8.84. The van der Waals surface area contributed by atoms with Gasteiger partial charge in [0.2, 0.25) is 0 Å². The van der Waals surface area contributed by atoms with E-state index in [0.29, 0.717) is 0 Å². The topological polar surface area (TPSA) is 12.9 Å². The number of hydrogen-bond acceptors (Lipinski definition) is 1. The fourth-order valence-corrected chi connectivity index (χ4v) is 2.17. The summed E-state index contributed by atoms with van der Waals surface area (Å²) in [5.74, 6) is 1.71. The lowest BCUT2D eigenvalue weighted by atomic mass is 10.00. The third-order valence-electron chi connectivity index (χ3n) is 3.33. The van der Waals surface area contributed by atoms with Crippen LogP contribution < -0.4 is 0 Å².